The van der Waals surface area contributed by atoms with Gasteiger partial charge in [-0.3, -0.25) is 0 Å². The third kappa shape index (κ3) is 35.2. The maximum absolute atomic E-state index is 2.86. The maximum atomic E-state index is 2.86. The van der Waals surface area contributed by atoms with Crippen molar-refractivity contribution in [2.24, 2.45) is 0 Å². The van der Waals surface area contributed by atoms with Gasteiger partial charge in [-0.05, 0) is 51.8 Å². The van der Waals surface area contributed by atoms with E-state index in [0.29, 0.717) is 0 Å². The molecular weight excluding hydrogens is 603 g/mol. The van der Waals surface area contributed by atoms with Crippen LogP contribution in [0.1, 0.15) is 219 Å². The monoisotopic (exact) mass is 680 g/mol. The molecule has 0 rings (SSSR count). The van der Waals surface area contributed by atoms with Crippen LogP contribution in [-0.2, 0) is 0 Å². The fourth-order valence-electron chi connectivity index (χ4n) is 6.00. The summed E-state index contributed by atoms with van der Waals surface area (Å²) >= 11 is 2.86. The molecule has 0 atom stereocenters. The lowest BCUT2D eigenvalue weighted by molar-refractivity contribution is 0.531. The fraction of sp³-hybridized carbons (Fsp3) is 1.00. The van der Waals surface area contributed by atoms with Gasteiger partial charge in [0.1, 0.15) is 0 Å². The Morgan fingerprint density at radius 2 is 0.436 bits per heavy atom. The Bertz CT molecular complexity index is 397. The second-order valence-corrected chi connectivity index (χ2v) is 22.7. The molecule has 39 heavy (non-hydrogen) atoms. The van der Waals surface area contributed by atoms with Gasteiger partial charge in [0.15, 0.2) is 0 Å². The van der Waals surface area contributed by atoms with Crippen molar-refractivity contribution >= 4 is 28.4 Å². The minimum atomic E-state index is -0.350. The highest BCUT2D eigenvalue weighted by Gasteiger charge is 2.12. The lowest BCUT2D eigenvalue weighted by Gasteiger charge is -2.28. The summed E-state index contributed by atoms with van der Waals surface area (Å²) in [5.41, 5.74) is 0. The molecule has 2 heteroatoms. The summed E-state index contributed by atoms with van der Waals surface area (Å²) in [6.07, 6.45) is 49.9. The fourth-order valence-corrected chi connectivity index (χ4v) is 9.69. The largest absolute Gasteiger partial charge is 0.190 e. The van der Waals surface area contributed by atoms with Crippen molar-refractivity contribution in [3.63, 3.8) is 0 Å². The molecule has 0 spiro atoms. The molecule has 0 aromatic rings. The SMILES string of the molecule is CCCCCCCCCCCCCCCCCCS(C)(I)CCCCCCCCCCCCCCCCCC. The first kappa shape index (κ1) is 40.1. The molecule has 0 aliphatic rings. The van der Waals surface area contributed by atoms with Crippen LogP contribution >= 0.6 is 28.4 Å². The maximum Gasteiger partial charge on any atom is -0.0146 e. The first-order valence-corrected chi connectivity index (χ1v) is 23.5. The third-order valence-electron chi connectivity index (χ3n) is 8.85. The van der Waals surface area contributed by atoms with Crippen molar-refractivity contribution in [1.82, 2.24) is 0 Å². The van der Waals surface area contributed by atoms with E-state index in [-0.39, 0.29) is 7.20 Å². The van der Waals surface area contributed by atoms with Gasteiger partial charge in [-0.1, -0.05) is 206 Å². The normalized spacial score (nSPS) is 12.4. The average Bonchev–Trinajstić information content (AvgIpc) is 2.92. The van der Waals surface area contributed by atoms with Crippen LogP contribution in [0, 0.1) is 0 Å². The summed E-state index contributed by atoms with van der Waals surface area (Å²) in [6.45, 7) is 4.62. The van der Waals surface area contributed by atoms with E-state index in [1.807, 2.05) is 0 Å². The molecule has 0 fully saturated rings. The van der Waals surface area contributed by atoms with Crippen molar-refractivity contribution in [3.05, 3.63) is 0 Å². The van der Waals surface area contributed by atoms with Gasteiger partial charge in [-0.15, -0.1) is 0 Å². The zero-order valence-corrected chi connectivity index (χ0v) is 30.8. The van der Waals surface area contributed by atoms with E-state index in [1.54, 1.807) is 0 Å². The highest BCUT2D eigenvalue weighted by molar-refractivity contribution is 14.2. The molecule has 0 aliphatic carbocycles. The second kappa shape index (κ2) is 33.6. The van der Waals surface area contributed by atoms with Gasteiger partial charge in [-0.2, -0.15) is 7.20 Å². The van der Waals surface area contributed by atoms with Crippen molar-refractivity contribution in [1.29, 1.82) is 0 Å². The summed E-state index contributed by atoms with van der Waals surface area (Å²) < 4.78 is 0. The lowest BCUT2D eigenvalue weighted by atomic mass is 10.0. The van der Waals surface area contributed by atoms with Crippen LogP contribution in [0.4, 0.5) is 0 Å². The molecule has 0 N–H and O–H groups in total. The molecule has 0 heterocycles. The summed E-state index contributed by atoms with van der Waals surface area (Å²) in [6, 6.07) is 0. The van der Waals surface area contributed by atoms with E-state index in [4.69, 9.17) is 0 Å². The molecule has 0 amide bonds. The van der Waals surface area contributed by atoms with Crippen LogP contribution in [0.5, 0.6) is 0 Å². The van der Waals surface area contributed by atoms with Crippen LogP contribution in [0.2, 0.25) is 0 Å². The number of hydrogen-bond acceptors (Lipinski definition) is 0. The van der Waals surface area contributed by atoms with Crippen molar-refractivity contribution < 1.29 is 0 Å². The molecule has 0 radical (unpaired) electrons. The van der Waals surface area contributed by atoms with Gasteiger partial charge in [0, 0.05) is 0 Å². The Balaban J connectivity index is 3.26. The molecular formula is C37H77IS. The van der Waals surface area contributed by atoms with E-state index >= 15 is 0 Å². The number of rotatable bonds is 34. The predicted octanol–water partition coefficient (Wildman–Crippen LogP) is 15.3. The molecule has 0 nitrogen and oxygen atoms in total. The van der Waals surface area contributed by atoms with E-state index in [1.165, 1.54) is 217 Å². The first-order valence-electron chi connectivity index (χ1n) is 18.6. The number of hydrogen-bond donors (Lipinski definition) is 0. The number of unbranched alkanes of at least 4 members (excludes halogenated alkanes) is 30. The van der Waals surface area contributed by atoms with E-state index < -0.39 is 0 Å². The van der Waals surface area contributed by atoms with Gasteiger partial charge in [-0.25, -0.2) is 0 Å². The molecule has 0 aliphatic heterocycles. The highest BCUT2D eigenvalue weighted by atomic mass is 127. The van der Waals surface area contributed by atoms with Crippen LogP contribution in [0.25, 0.3) is 0 Å². The first-order chi connectivity index (χ1) is 19.1. The van der Waals surface area contributed by atoms with Gasteiger partial charge >= 0.3 is 0 Å². The van der Waals surface area contributed by atoms with E-state index in [9.17, 15) is 0 Å². The average molecular weight is 681 g/mol. The van der Waals surface area contributed by atoms with Crippen LogP contribution in [-0.4, -0.2) is 17.8 Å². The van der Waals surface area contributed by atoms with Gasteiger partial charge < -0.3 is 0 Å². The Morgan fingerprint density at radius 3 is 0.615 bits per heavy atom. The molecule has 0 aromatic carbocycles. The van der Waals surface area contributed by atoms with Gasteiger partial charge in [0.2, 0.25) is 0 Å². The Labute approximate surface area is 264 Å². The lowest BCUT2D eigenvalue weighted by Crippen LogP contribution is -2.01. The Morgan fingerprint density at radius 1 is 0.282 bits per heavy atom. The molecule has 0 aromatic heterocycles. The van der Waals surface area contributed by atoms with Crippen molar-refractivity contribution in [2.45, 2.75) is 219 Å². The minimum Gasteiger partial charge on any atom is -0.190 e. The molecule has 0 unspecified atom stereocenters. The number of halogens is 1. The zero-order chi connectivity index (χ0) is 28.5. The standard InChI is InChI=1S/C37H77IS/c1-4-6-8-10-12-14-16-18-20-22-24-26-28-30-32-34-36-39(3,38)37-35-33-31-29-27-25-23-21-19-17-15-13-11-9-7-5-2/h4-37H2,1-3H3. The molecule has 0 bridgehead atoms. The highest BCUT2D eigenvalue weighted by Crippen LogP contribution is 2.54. The quantitative estimate of drug-likeness (QED) is 0.0469. The Kier molecular flexibility index (Phi) is 34.5. The summed E-state index contributed by atoms with van der Waals surface area (Å²) in [5.74, 6) is 3.04. The predicted molar refractivity (Wildman–Crippen MR) is 196 cm³/mol. The van der Waals surface area contributed by atoms with Crippen LogP contribution in [0.15, 0.2) is 0 Å². The van der Waals surface area contributed by atoms with E-state index in [0.717, 1.165) is 0 Å². The van der Waals surface area contributed by atoms with Crippen LogP contribution < -0.4 is 0 Å². The zero-order valence-electron chi connectivity index (χ0n) is 27.8. The summed E-state index contributed by atoms with van der Waals surface area (Å²) in [5, 5.41) is 0. The Hall–Kier alpha value is 1.08. The molecule has 238 valence electrons. The molecule has 0 saturated heterocycles. The second-order valence-electron chi connectivity index (χ2n) is 13.2. The summed E-state index contributed by atoms with van der Waals surface area (Å²) in [4.78, 5) is 0. The van der Waals surface area contributed by atoms with Gasteiger partial charge in [0.05, 0.1) is 0 Å². The smallest absolute Gasteiger partial charge is 0.0146 e. The van der Waals surface area contributed by atoms with Crippen LogP contribution in [0.3, 0.4) is 0 Å². The third-order valence-corrected chi connectivity index (χ3v) is 13.8. The minimum absolute atomic E-state index is 0.350. The van der Waals surface area contributed by atoms with E-state index in [2.05, 4.69) is 41.3 Å². The summed E-state index contributed by atoms with van der Waals surface area (Å²) in [7, 11) is -0.350. The van der Waals surface area contributed by atoms with Gasteiger partial charge in [0.25, 0.3) is 0 Å². The molecule has 0 saturated carbocycles. The van der Waals surface area contributed by atoms with Crippen molar-refractivity contribution in [2.75, 3.05) is 17.8 Å². The topological polar surface area (TPSA) is 0 Å². The van der Waals surface area contributed by atoms with Crippen molar-refractivity contribution in [3.8, 4) is 0 Å².